The van der Waals surface area contributed by atoms with Gasteiger partial charge in [0, 0.05) is 18.1 Å². The summed E-state index contributed by atoms with van der Waals surface area (Å²) < 4.78 is 27.4. The topological polar surface area (TPSA) is 99.3 Å². The quantitative estimate of drug-likeness (QED) is 0.0698. The number of rotatable bonds is 14. The fourth-order valence-corrected chi connectivity index (χ4v) is 7.35. The maximum atomic E-state index is 13.7. The fourth-order valence-electron chi connectivity index (χ4n) is 5.68. The molecule has 1 unspecified atom stereocenters. The molecule has 0 bridgehead atoms. The van der Waals surface area contributed by atoms with Crippen molar-refractivity contribution in [3.8, 4) is 11.1 Å². The van der Waals surface area contributed by atoms with Crippen molar-refractivity contribution in [2.24, 2.45) is 0 Å². The number of aromatic amines is 1. The first-order chi connectivity index (χ1) is 20.4. The van der Waals surface area contributed by atoms with Crippen LogP contribution in [0.4, 0.5) is 0 Å². The third-order valence-corrected chi connectivity index (χ3v) is 9.92. The summed E-state index contributed by atoms with van der Waals surface area (Å²) >= 11 is 0. The Morgan fingerprint density at radius 3 is 2.21 bits per heavy atom. The number of benzene rings is 4. The fraction of sp³-hybridized carbons (Fsp3) is 0.286. The number of fused-ring (bicyclic) bond motifs is 2. The number of carbonyl (C=O) groups excluding carboxylic acids is 1. The van der Waals surface area contributed by atoms with Crippen molar-refractivity contribution >= 4 is 37.4 Å². The highest BCUT2D eigenvalue weighted by Gasteiger charge is 2.23. The Morgan fingerprint density at radius 1 is 0.738 bits per heavy atom. The van der Waals surface area contributed by atoms with Gasteiger partial charge in [0.2, 0.25) is 5.91 Å². The zero-order chi connectivity index (χ0) is 29.4. The van der Waals surface area contributed by atoms with E-state index in [1.807, 2.05) is 36.5 Å². The lowest BCUT2D eigenvalue weighted by atomic mass is 9.92. The van der Waals surface area contributed by atoms with E-state index in [2.05, 4.69) is 53.5 Å². The molecule has 1 atom stereocenters. The Kier molecular flexibility index (Phi) is 9.72. The van der Waals surface area contributed by atoms with E-state index in [9.17, 15) is 13.2 Å². The van der Waals surface area contributed by atoms with Crippen LogP contribution in [0.5, 0.6) is 0 Å². The number of hydrogen-bond donors (Lipinski definition) is 3. The lowest BCUT2D eigenvalue weighted by Gasteiger charge is -2.19. The SMILES string of the molecule is O=C(CCCCCCCCC(CS(=O)(=O)c1ccc2ccccc2c1)c1ccc(-c2ccc3cc[nH]c3c2)cc1)NO. The molecule has 0 saturated heterocycles. The number of H-pyrrole nitrogens is 1. The van der Waals surface area contributed by atoms with Crippen LogP contribution in [-0.2, 0) is 14.6 Å². The van der Waals surface area contributed by atoms with E-state index in [-0.39, 0.29) is 17.6 Å². The van der Waals surface area contributed by atoms with Crippen LogP contribution in [0.3, 0.4) is 0 Å². The van der Waals surface area contributed by atoms with Crippen LogP contribution in [0, 0.1) is 0 Å². The van der Waals surface area contributed by atoms with E-state index in [1.54, 1.807) is 17.6 Å². The van der Waals surface area contributed by atoms with Crippen LogP contribution >= 0.6 is 0 Å². The van der Waals surface area contributed by atoms with Crippen molar-refractivity contribution in [1.82, 2.24) is 10.5 Å². The molecule has 0 aliphatic carbocycles. The van der Waals surface area contributed by atoms with Crippen LogP contribution in [-0.4, -0.2) is 30.3 Å². The molecule has 0 radical (unpaired) electrons. The first kappa shape index (κ1) is 29.5. The minimum Gasteiger partial charge on any atom is -0.361 e. The highest BCUT2D eigenvalue weighted by molar-refractivity contribution is 7.91. The van der Waals surface area contributed by atoms with Gasteiger partial charge in [-0.3, -0.25) is 10.0 Å². The van der Waals surface area contributed by atoms with Crippen LogP contribution < -0.4 is 5.48 Å². The third kappa shape index (κ3) is 7.46. The molecule has 3 N–H and O–H groups in total. The maximum Gasteiger partial charge on any atom is 0.243 e. The van der Waals surface area contributed by atoms with Gasteiger partial charge in [0.05, 0.1) is 10.6 Å². The number of sulfone groups is 1. The number of carbonyl (C=O) groups is 1. The van der Waals surface area contributed by atoms with Crippen molar-refractivity contribution in [2.75, 3.05) is 5.75 Å². The molecule has 7 heteroatoms. The Hall–Kier alpha value is -3.94. The predicted molar refractivity (Wildman–Crippen MR) is 169 cm³/mol. The highest BCUT2D eigenvalue weighted by Crippen LogP contribution is 2.31. The minimum absolute atomic E-state index is 0.0649. The summed E-state index contributed by atoms with van der Waals surface area (Å²) in [5.41, 5.74) is 6.02. The van der Waals surface area contributed by atoms with Crippen LogP contribution in [0.15, 0.2) is 102 Å². The van der Waals surface area contributed by atoms with Gasteiger partial charge in [0.15, 0.2) is 9.84 Å². The summed E-state index contributed by atoms with van der Waals surface area (Å²) in [6.07, 6.45) is 8.73. The predicted octanol–water partition coefficient (Wildman–Crippen LogP) is 8.17. The van der Waals surface area contributed by atoms with Crippen LogP contribution in [0.2, 0.25) is 0 Å². The van der Waals surface area contributed by atoms with Gasteiger partial charge in [-0.15, -0.1) is 0 Å². The number of amides is 1. The molecular formula is C35H38N2O4S. The van der Waals surface area contributed by atoms with Crippen molar-refractivity contribution < 1.29 is 18.4 Å². The molecule has 0 fully saturated rings. The van der Waals surface area contributed by atoms with E-state index < -0.39 is 9.84 Å². The standard InChI is InChI=1S/C35H38N2O4S/c38-35(37-39)12-6-4-2-1-3-5-11-32(25-42(40,41)33-20-19-26-9-7-8-10-30(26)23-33)28-15-13-27(14-16-28)31-18-17-29-21-22-36-34(29)24-31/h7-10,13-24,32,36,39H,1-6,11-12,25H2,(H,37,38). The third-order valence-electron chi connectivity index (χ3n) is 8.10. The molecule has 0 spiro atoms. The molecule has 4 aromatic carbocycles. The average Bonchev–Trinajstić information content (AvgIpc) is 3.49. The highest BCUT2D eigenvalue weighted by atomic mass is 32.2. The smallest absolute Gasteiger partial charge is 0.243 e. The number of aromatic nitrogens is 1. The zero-order valence-corrected chi connectivity index (χ0v) is 24.6. The van der Waals surface area contributed by atoms with E-state index in [4.69, 9.17) is 5.21 Å². The second kappa shape index (κ2) is 13.8. The number of unbranched alkanes of at least 4 members (excludes halogenated alkanes) is 5. The van der Waals surface area contributed by atoms with Crippen molar-refractivity contribution in [2.45, 2.75) is 62.2 Å². The van der Waals surface area contributed by atoms with E-state index >= 15 is 0 Å². The molecule has 5 rings (SSSR count). The van der Waals surface area contributed by atoms with Gasteiger partial charge in [-0.25, -0.2) is 13.9 Å². The molecular weight excluding hydrogens is 544 g/mol. The Morgan fingerprint density at radius 2 is 1.43 bits per heavy atom. The van der Waals surface area contributed by atoms with Crippen molar-refractivity contribution in [1.29, 1.82) is 0 Å². The van der Waals surface area contributed by atoms with Crippen molar-refractivity contribution in [3.05, 3.63) is 103 Å². The number of hydroxylamine groups is 1. The van der Waals surface area contributed by atoms with Crippen LogP contribution in [0.25, 0.3) is 32.8 Å². The molecule has 0 saturated carbocycles. The molecule has 1 aromatic heterocycles. The Bertz CT molecular complexity index is 1740. The lowest BCUT2D eigenvalue weighted by Crippen LogP contribution is -2.17. The van der Waals surface area contributed by atoms with Gasteiger partial charge in [-0.1, -0.05) is 98.8 Å². The molecule has 1 heterocycles. The van der Waals surface area contributed by atoms with Gasteiger partial charge in [-0.05, 0) is 75.9 Å². The van der Waals surface area contributed by atoms with Crippen LogP contribution in [0.1, 0.15) is 62.8 Å². The zero-order valence-electron chi connectivity index (χ0n) is 23.8. The average molecular weight is 583 g/mol. The summed E-state index contributed by atoms with van der Waals surface area (Å²) in [4.78, 5) is 14.8. The first-order valence-corrected chi connectivity index (χ1v) is 16.4. The second-order valence-corrected chi connectivity index (χ2v) is 13.1. The van der Waals surface area contributed by atoms with Gasteiger partial charge in [0.1, 0.15) is 0 Å². The molecule has 42 heavy (non-hydrogen) atoms. The minimum atomic E-state index is -3.51. The van der Waals surface area contributed by atoms with E-state index in [1.165, 1.54) is 5.39 Å². The molecule has 0 aliphatic heterocycles. The lowest BCUT2D eigenvalue weighted by molar-refractivity contribution is -0.129. The Balaban J connectivity index is 1.29. The summed E-state index contributed by atoms with van der Waals surface area (Å²) in [5.74, 6) is -0.397. The largest absolute Gasteiger partial charge is 0.361 e. The molecule has 6 nitrogen and oxygen atoms in total. The van der Waals surface area contributed by atoms with Gasteiger partial charge in [-0.2, -0.15) is 0 Å². The summed E-state index contributed by atoms with van der Waals surface area (Å²) in [7, 11) is -3.51. The van der Waals surface area contributed by atoms with Gasteiger partial charge < -0.3 is 4.98 Å². The number of hydrogen-bond acceptors (Lipinski definition) is 4. The summed E-state index contributed by atoms with van der Waals surface area (Å²) in [5, 5.41) is 11.7. The molecule has 5 aromatic rings. The van der Waals surface area contributed by atoms with Gasteiger partial charge >= 0.3 is 0 Å². The van der Waals surface area contributed by atoms with E-state index in [0.29, 0.717) is 11.3 Å². The van der Waals surface area contributed by atoms with Gasteiger partial charge in [0.25, 0.3) is 0 Å². The first-order valence-electron chi connectivity index (χ1n) is 14.7. The summed E-state index contributed by atoms with van der Waals surface area (Å²) in [6.45, 7) is 0. The van der Waals surface area contributed by atoms with Crippen molar-refractivity contribution in [3.63, 3.8) is 0 Å². The van der Waals surface area contributed by atoms with E-state index in [0.717, 1.165) is 77.9 Å². The molecule has 1 amide bonds. The molecule has 0 aliphatic rings. The normalized spacial score (nSPS) is 12.5. The Labute approximate surface area is 247 Å². The molecule has 218 valence electrons. The number of nitrogens with one attached hydrogen (secondary N) is 2. The maximum absolute atomic E-state index is 13.7. The monoisotopic (exact) mass is 582 g/mol. The summed E-state index contributed by atoms with van der Waals surface area (Å²) in [6, 6.07) is 30.0. The second-order valence-electron chi connectivity index (χ2n) is 11.1.